The zero-order chi connectivity index (χ0) is 38.2. The largest absolute Gasteiger partial charge is 0.348 e. The SMILES string of the molecule is C.c1cc(-c2csc(N3CCCCC3)n2)ccn1.c1cc2ncn(-c3csc(N4CCCCC4)n3)c2cn1.c1ccc2c(c1)ncn2-c1csc(N2CCCCC2)n1. The number of imidazole rings is 2. The number of para-hydroxylation sites is 2. The van der Waals surface area contributed by atoms with Gasteiger partial charge in [0.15, 0.2) is 27.0 Å². The van der Waals surface area contributed by atoms with Gasteiger partial charge >= 0.3 is 0 Å². The van der Waals surface area contributed by atoms with E-state index >= 15 is 0 Å². The second-order valence-electron chi connectivity index (χ2n) is 14.5. The molecule has 11 rings (SSSR count). The first-order chi connectivity index (χ1) is 28.3. The van der Waals surface area contributed by atoms with Crippen molar-refractivity contribution in [1.82, 2.24) is 44.0 Å². The quantitative estimate of drug-likeness (QED) is 0.161. The highest BCUT2D eigenvalue weighted by Gasteiger charge is 2.18. The Hall–Kier alpha value is -5.25. The number of nitrogens with zero attached hydrogens (tertiary/aromatic N) is 12. The van der Waals surface area contributed by atoms with E-state index < -0.39 is 0 Å². The first kappa shape index (κ1) is 39.6. The van der Waals surface area contributed by atoms with Crippen LogP contribution >= 0.6 is 34.0 Å². The third-order valence-electron chi connectivity index (χ3n) is 10.6. The molecule has 0 bridgehead atoms. The highest BCUT2D eigenvalue weighted by Crippen LogP contribution is 2.30. The predicted molar refractivity (Wildman–Crippen MR) is 242 cm³/mol. The molecule has 0 N–H and O–H groups in total. The predicted octanol–water partition coefficient (Wildman–Crippen LogP) is 10.2. The van der Waals surface area contributed by atoms with Gasteiger partial charge in [-0.15, -0.1) is 34.0 Å². The molecule has 58 heavy (non-hydrogen) atoms. The molecule has 3 aliphatic rings. The third-order valence-corrected chi connectivity index (χ3v) is 13.3. The van der Waals surface area contributed by atoms with Crippen LogP contribution in [-0.2, 0) is 0 Å². The molecule has 0 unspecified atom stereocenters. The highest BCUT2D eigenvalue weighted by atomic mass is 32.1. The van der Waals surface area contributed by atoms with Crippen LogP contribution in [0.25, 0.3) is 45.0 Å². The summed E-state index contributed by atoms with van der Waals surface area (Å²) in [4.78, 5) is 38.5. The molecule has 0 saturated carbocycles. The van der Waals surface area contributed by atoms with Gasteiger partial charge in [-0.05, 0) is 88.1 Å². The standard InChI is InChI=1S/C15H16N4S.C14H15N5S.C13H15N3S.CH4/c1-4-8-18(9-5-1)15-17-14(10-20-15)19-11-16-12-6-2-3-7-13(12)19;1-2-6-18(7-3-1)14-17-13(9-20-14)19-10-16-11-4-5-15-8-12(11)19;1-2-8-16(9-3-1)13-15-12(10-17-13)11-4-6-14-7-5-11;/h2-3,6-7,10-11H,1,4-5,8-9H2;4-5,8-10H,1-3,6-7H2;4-7,10H,1-3,8-9H2;1H4. The van der Waals surface area contributed by atoms with Crippen LogP contribution in [0, 0.1) is 0 Å². The summed E-state index contributed by atoms with van der Waals surface area (Å²) in [6, 6.07) is 14.1. The van der Waals surface area contributed by atoms with Crippen LogP contribution in [0.3, 0.4) is 0 Å². The molecule has 3 aliphatic heterocycles. The van der Waals surface area contributed by atoms with Crippen LogP contribution in [0.5, 0.6) is 0 Å². The summed E-state index contributed by atoms with van der Waals surface area (Å²) in [7, 11) is 0. The summed E-state index contributed by atoms with van der Waals surface area (Å²) in [6.45, 7) is 6.83. The minimum atomic E-state index is 0. The Kier molecular flexibility index (Phi) is 13.0. The van der Waals surface area contributed by atoms with Gasteiger partial charge in [0.05, 0.1) is 34.0 Å². The molecular weight excluding hydrogens is 781 g/mol. The molecule has 15 heteroatoms. The number of aromatic nitrogens is 9. The van der Waals surface area contributed by atoms with Crippen LogP contribution in [-0.4, -0.2) is 83.3 Å². The number of hydrogen-bond donors (Lipinski definition) is 0. The van der Waals surface area contributed by atoms with Crippen LogP contribution in [0.2, 0.25) is 0 Å². The van der Waals surface area contributed by atoms with Crippen molar-refractivity contribution in [2.45, 2.75) is 65.2 Å². The Morgan fingerprint density at radius 3 is 1.53 bits per heavy atom. The van der Waals surface area contributed by atoms with Crippen LogP contribution in [0.15, 0.2) is 96.0 Å². The molecular formula is C43H50N12S3. The Labute approximate surface area is 351 Å². The minimum absolute atomic E-state index is 0. The fourth-order valence-corrected chi connectivity index (χ4v) is 10.1. The van der Waals surface area contributed by atoms with Gasteiger partial charge in [0.1, 0.15) is 12.7 Å². The fraction of sp³-hybridized carbons (Fsp3) is 0.372. The van der Waals surface area contributed by atoms with Gasteiger partial charge in [-0.25, -0.2) is 24.9 Å². The van der Waals surface area contributed by atoms with Gasteiger partial charge in [-0.1, -0.05) is 19.6 Å². The molecule has 12 nitrogen and oxygen atoms in total. The van der Waals surface area contributed by atoms with Crippen molar-refractivity contribution in [1.29, 1.82) is 0 Å². The van der Waals surface area contributed by atoms with E-state index in [0.717, 1.165) is 99.6 Å². The smallest absolute Gasteiger partial charge is 0.187 e. The molecule has 8 aromatic rings. The summed E-state index contributed by atoms with van der Waals surface area (Å²) in [5.74, 6) is 1.91. The van der Waals surface area contributed by atoms with Crippen molar-refractivity contribution in [3.63, 3.8) is 0 Å². The third kappa shape index (κ3) is 9.06. The van der Waals surface area contributed by atoms with E-state index in [1.165, 1.54) is 57.8 Å². The minimum Gasteiger partial charge on any atom is -0.348 e. The van der Waals surface area contributed by atoms with E-state index in [-0.39, 0.29) is 7.43 Å². The number of piperidine rings is 3. The lowest BCUT2D eigenvalue weighted by atomic mass is 10.1. The van der Waals surface area contributed by atoms with Gasteiger partial charge in [-0.3, -0.25) is 19.1 Å². The van der Waals surface area contributed by atoms with Crippen molar-refractivity contribution < 1.29 is 0 Å². The number of anilines is 3. The van der Waals surface area contributed by atoms with Gasteiger partial charge < -0.3 is 14.7 Å². The molecule has 3 fully saturated rings. The van der Waals surface area contributed by atoms with E-state index in [4.69, 9.17) is 15.0 Å². The second kappa shape index (κ2) is 19.0. The number of hydrogen-bond acceptors (Lipinski definition) is 13. The van der Waals surface area contributed by atoms with E-state index in [1.54, 1.807) is 40.2 Å². The van der Waals surface area contributed by atoms with E-state index in [9.17, 15) is 0 Å². The second-order valence-corrected chi connectivity index (χ2v) is 17.0. The summed E-state index contributed by atoms with van der Waals surface area (Å²) in [5, 5.41) is 9.77. The lowest BCUT2D eigenvalue weighted by Gasteiger charge is -2.25. The fourth-order valence-electron chi connectivity index (χ4n) is 7.52. The lowest BCUT2D eigenvalue weighted by molar-refractivity contribution is 0.576. The van der Waals surface area contributed by atoms with Crippen LogP contribution in [0.4, 0.5) is 15.4 Å². The molecule has 0 amide bonds. The number of thiazole rings is 3. The van der Waals surface area contributed by atoms with Crippen molar-refractivity contribution >= 4 is 71.5 Å². The Bertz CT molecular complexity index is 2340. The molecule has 3 saturated heterocycles. The van der Waals surface area contributed by atoms with E-state index in [0.29, 0.717) is 0 Å². The number of fused-ring (bicyclic) bond motifs is 2. The topological polar surface area (TPSA) is 110 Å². The molecule has 300 valence electrons. The van der Waals surface area contributed by atoms with Gasteiger partial charge in [0.25, 0.3) is 0 Å². The zero-order valence-electron chi connectivity index (χ0n) is 31.9. The first-order valence-corrected chi connectivity index (χ1v) is 22.6. The van der Waals surface area contributed by atoms with E-state index in [1.807, 2.05) is 72.2 Å². The van der Waals surface area contributed by atoms with Crippen molar-refractivity contribution in [3.05, 3.63) is 96.0 Å². The molecule has 0 aliphatic carbocycles. The van der Waals surface area contributed by atoms with Crippen LogP contribution < -0.4 is 14.7 Å². The zero-order valence-corrected chi connectivity index (χ0v) is 34.4. The lowest BCUT2D eigenvalue weighted by Crippen LogP contribution is -2.29. The van der Waals surface area contributed by atoms with Gasteiger partial charge in [-0.2, -0.15) is 0 Å². The Morgan fingerprint density at radius 2 is 0.948 bits per heavy atom. The van der Waals surface area contributed by atoms with Gasteiger partial charge in [0.2, 0.25) is 0 Å². The van der Waals surface area contributed by atoms with Crippen molar-refractivity contribution in [3.8, 4) is 22.9 Å². The first-order valence-electron chi connectivity index (χ1n) is 20.0. The van der Waals surface area contributed by atoms with Crippen molar-refractivity contribution in [2.24, 2.45) is 0 Å². The maximum absolute atomic E-state index is 4.79. The van der Waals surface area contributed by atoms with Crippen molar-refractivity contribution in [2.75, 3.05) is 54.0 Å². The normalized spacial score (nSPS) is 15.7. The van der Waals surface area contributed by atoms with E-state index in [2.05, 4.69) is 61.4 Å². The molecule has 0 spiro atoms. The number of pyridine rings is 2. The number of rotatable bonds is 6. The molecule has 0 atom stereocenters. The molecule has 0 radical (unpaired) electrons. The Morgan fingerprint density at radius 1 is 0.466 bits per heavy atom. The summed E-state index contributed by atoms with van der Waals surface area (Å²) in [6.07, 6.45) is 22.7. The molecule has 7 aromatic heterocycles. The summed E-state index contributed by atoms with van der Waals surface area (Å²) < 4.78 is 4.07. The highest BCUT2D eigenvalue weighted by molar-refractivity contribution is 7.14. The van der Waals surface area contributed by atoms with Crippen LogP contribution in [0.1, 0.15) is 65.2 Å². The average Bonchev–Trinajstić information content (AvgIpc) is 4.15. The monoisotopic (exact) mass is 830 g/mol. The van der Waals surface area contributed by atoms with Gasteiger partial charge in [0, 0.05) is 79.6 Å². The summed E-state index contributed by atoms with van der Waals surface area (Å²) >= 11 is 5.18. The summed E-state index contributed by atoms with van der Waals surface area (Å²) in [5.41, 5.74) is 6.30. The maximum atomic E-state index is 4.79. The average molecular weight is 831 g/mol. The molecule has 1 aromatic carbocycles. The number of benzene rings is 1. The Balaban J connectivity index is 0.000000121. The maximum Gasteiger partial charge on any atom is 0.187 e. The molecule has 10 heterocycles.